The number of carbonyl (C=O) groups excluding carboxylic acids is 1. The van der Waals surface area contributed by atoms with Crippen LogP contribution in [0.1, 0.15) is 57.2 Å². The zero-order valence-corrected chi connectivity index (χ0v) is 12.2. The summed E-state index contributed by atoms with van der Waals surface area (Å²) in [6.07, 6.45) is 6.46. The summed E-state index contributed by atoms with van der Waals surface area (Å²) in [6, 6.07) is 0. The first-order valence-corrected chi connectivity index (χ1v) is 7.54. The van der Waals surface area contributed by atoms with Gasteiger partial charge in [-0.2, -0.15) is 4.98 Å². The first-order valence-electron chi connectivity index (χ1n) is 7.54. The van der Waals surface area contributed by atoms with E-state index >= 15 is 0 Å². The second-order valence-electron chi connectivity index (χ2n) is 6.33. The Bertz CT molecular complexity index is 495. The molecule has 2 fully saturated rings. The molecule has 2 saturated carbocycles. The lowest BCUT2D eigenvalue weighted by Gasteiger charge is -2.36. The van der Waals surface area contributed by atoms with E-state index in [0.717, 1.165) is 32.1 Å². The number of Topliss-reactive ketones (excluding diaryl/α,β-unsaturated/α-hetero) is 1. The second kappa shape index (κ2) is 5.28. The van der Waals surface area contributed by atoms with Crippen LogP contribution in [-0.2, 0) is 21.6 Å². The maximum absolute atomic E-state index is 11.8. The summed E-state index contributed by atoms with van der Waals surface area (Å²) in [6.45, 7) is 2.23. The first-order chi connectivity index (χ1) is 9.63. The molecule has 0 radical (unpaired) electrons. The molecule has 1 heterocycles. The van der Waals surface area contributed by atoms with Crippen LogP contribution in [0, 0.1) is 11.8 Å². The van der Waals surface area contributed by atoms with E-state index in [4.69, 9.17) is 9.26 Å². The van der Waals surface area contributed by atoms with Gasteiger partial charge in [0.25, 0.3) is 0 Å². The highest BCUT2D eigenvalue weighted by atomic mass is 16.5. The molecule has 2 atom stereocenters. The van der Waals surface area contributed by atoms with Gasteiger partial charge < -0.3 is 9.26 Å². The second-order valence-corrected chi connectivity index (χ2v) is 6.33. The minimum atomic E-state index is -0.429. The lowest BCUT2D eigenvalue weighted by Crippen LogP contribution is -2.35. The van der Waals surface area contributed by atoms with Gasteiger partial charge in [-0.15, -0.1) is 0 Å². The average molecular weight is 278 g/mol. The summed E-state index contributed by atoms with van der Waals surface area (Å²) in [5, 5.41) is 4.09. The van der Waals surface area contributed by atoms with Gasteiger partial charge in [0.05, 0.1) is 6.42 Å². The van der Waals surface area contributed by atoms with E-state index in [9.17, 15) is 4.79 Å². The molecule has 2 aliphatic rings. The van der Waals surface area contributed by atoms with E-state index in [2.05, 4.69) is 17.1 Å². The summed E-state index contributed by atoms with van der Waals surface area (Å²) >= 11 is 0. The highest BCUT2D eigenvalue weighted by molar-refractivity contribution is 5.84. The molecule has 0 aromatic carbocycles. The fraction of sp³-hybridized carbons (Fsp3) is 0.800. The van der Waals surface area contributed by atoms with Crippen LogP contribution in [0.5, 0.6) is 0 Å². The van der Waals surface area contributed by atoms with Crippen LogP contribution in [-0.4, -0.2) is 23.0 Å². The van der Waals surface area contributed by atoms with Crippen LogP contribution in [0.3, 0.4) is 0 Å². The number of hydrogen-bond acceptors (Lipinski definition) is 5. The van der Waals surface area contributed by atoms with E-state index in [-0.39, 0.29) is 18.1 Å². The molecular formula is C15H22N2O3. The van der Waals surface area contributed by atoms with E-state index in [0.29, 0.717) is 17.6 Å². The lowest BCUT2D eigenvalue weighted by molar-refractivity contribution is -0.119. The van der Waals surface area contributed by atoms with Crippen molar-refractivity contribution >= 4 is 5.78 Å². The third-order valence-electron chi connectivity index (χ3n) is 4.58. The van der Waals surface area contributed by atoms with Crippen LogP contribution >= 0.6 is 0 Å². The van der Waals surface area contributed by atoms with Gasteiger partial charge in [-0.25, -0.2) is 0 Å². The molecule has 5 heteroatoms. The van der Waals surface area contributed by atoms with Crippen LogP contribution in [0.4, 0.5) is 0 Å². The molecule has 0 saturated heterocycles. The third kappa shape index (κ3) is 2.64. The van der Waals surface area contributed by atoms with Crippen LogP contribution in [0.2, 0.25) is 0 Å². The molecule has 1 aromatic rings. The molecule has 2 unspecified atom stereocenters. The molecule has 5 nitrogen and oxygen atoms in total. The zero-order valence-electron chi connectivity index (χ0n) is 12.2. The fourth-order valence-corrected chi connectivity index (χ4v) is 3.19. The highest BCUT2D eigenvalue weighted by Gasteiger charge is 2.41. The fourth-order valence-electron chi connectivity index (χ4n) is 3.19. The van der Waals surface area contributed by atoms with Crippen LogP contribution in [0.15, 0.2) is 4.52 Å². The van der Waals surface area contributed by atoms with Gasteiger partial charge in [-0.05, 0) is 38.0 Å². The smallest absolute Gasteiger partial charge is 0.234 e. The number of methoxy groups -OCH3 is 1. The number of carbonyl (C=O) groups is 1. The minimum Gasteiger partial charge on any atom is -0.370 e. The summed E-state index contributed by atoms with van der Waals surface area (Å²) in [4.78, 5) is 16.2. The maximum Gasteiger partial charge on any atom is 0.234 e. The van der Waals surface area contributed by atoms with Crippen molar-refractivity contribution in [1.82, 2.24) is 10.1 Å². The molecule has 3 rings (SSSR count). The first kappa shape index (κ1) is 13.7. The standard InChI is InChI=1S/C15H22N2O3/c1-10-4-3-7-15(9-10,19-2)14-16-13(20-17-14)8-12(18)11-5-6-11/h10-11H,3-9H2,1-2H3. The molecule has 0 aliphatic heterocycles. The molecule has 110 valence electrons. The molecule has 0 bridgehead atoms. The highest BCUT2D eigenvalue weighted by Crippen LogP contribution is 2.41. The Morgan fingerprint density at radius 3 is 2.90 bits per heavy atom. The Morgan fingerprint density at radius 1 is 1.45 bits per heavy atom. The lowest BCUT2D eigenvalue weighted by atomic mass is 9.78. The molecule has 20 heavy (non-hydrogen) atoms. The number of ether oxygens (including phenoxy) is 1. The van der Waals surface area contributed by atoms with Crippen LogP contribution in [0.25, 0.3) is 0 Å². The van der Waals surface area contributed by atoms with Crippen molar-refractivity contribution in [2.45, 2.75) is 57.5 Å². The third-order valence-corrected chi connectivity index (χ3v) is 4.58. The van der Waals surface area contributed by atoms with Crippen molar-refractivity contribution in [3.8, 4) is 0 Å². The van der Waals surface area contributed by atoms with Gasteiger partial charge in [0.1, 0.15) is 11.4 Å². The Morgan fingerprint density at radius 2 is 2.25 bits per heavy atom. The van der Waals surface area contributed by atoms with Gasteiger partial charge in [-0.3, -0.25) is 4.79 Å². The molecule has 0 spiro atoms. The van der Waals surface area contributed by atoms with Crippen molar-refractivity contribution in [2.75, 3.05) is 7.11 Å². The van der Waals surface area contributed by atoms with Gasteiger partial charge in [0, 0.05) is 13.0 Å². The Hall–Kier alpha value is -1.23. The number of aromatic nitrogens is 2. The molecule has 2 aliphatic carbocycles. The zero-order chi connectivity index (χ0) is 14.2. The largest absolute Gasteiger partial charge is 0.370 e. The van der Waals surface area contributed by atoms with Crippen molar-refractivity contribution in [1.29, 1.82) is 0 Å². The SMILES string of the molecule is COC1(c2noc(CC(=O)C3CC3)n2)CCCC(C)C1. The van der Waals surface area contributed by atoms with Gasteiger partial charge in [-0.1, -0.05) is 18.5 Å². The number of nitrogens with zero attached hydrogens (tertiary/aromatic N) is 2. The monoisotopic (exact) mass is 278 g/mol. The van der Waals surface area contributed by atoms with Crippen molar-refractivity contribution in [2.24, 2.45) is 11.8 Å². The molecule has 1 aromatic heterocycles. The van der Waals surface area contributed by atoms with E-state index in [1.165, 1.54) is 6.42 Å². The Balaban J connectivity index is 1.75. The average Bonchev–Trinajstić information content (AvgIpc) is 3.19. The van der Waals surface area contributed by atoms with Crippen LogP contribution < -0.4 is 0 Å². The van der Waals surface area contributed by atoms with Gasteiger partial charge in [0.15, 0.2) is 0 Å². The Kier molecular flexibility index (Phi) is 3.63. The summed E-state index contributed by atoms with van der Waals surface area (Å²) in [5.74, 6) is 2.11. The number of hydrogen-bond donors (Lipinski definition) is 0. The number of ketones is 1. The van der Waals surface area contributed by atoms with E-state index in [1.807, 2.05) is 0 Å². The van der Waals surface area contributed by atoms with Crippen molar-refractivity contribution < 1.29 is 14.1 Å². The number of rotatable bonds is 5. The van der Waals surface area contributed by atoms with E-state index in [1.54, 1.807) is 7.11 Å². The molecule has 0 amide bonds. The maximum atomic E-state index is 11.8. The Labute approximate surface area is 119 Å². The van der Waals surface area contributed by atoms with Gasteiger partial charge >= 0.3 is 0 Å². The minimum absolute atomic E-state index is 0.226. The van der Waals surface area contributed by atoms with Crippen molar-refractivity contribution in [3.63, 3.8) is 0 Å². The predicted octanol–water partition coefficient (Wildman–Crippen LogP) is 2.64. The molecular weight excluding hydrogens is 256 g/mol. The normalized spacial score (nSPS) is 30.4. The summed E-state index contributed by atoms with van der Waals surface area (Å²) < 4.78 is 11.0. The quantitative estimate of drug-likeness (QED) is 0.828. The molecule has 0 N–H and O–H groups in total. The van der Waals surface area contributed by atoms with E-state index < -0.39 is 5.60 Å². The summed E-state index contributed by atoms with van der Waals surface area (Å²) in [7, 11) is 1.71. The predicted molar refractivity (Wildman–Crippen MR) is 72.1 cm³/mol. The van der Waals surface area contributed by atoms with Crippen molar-refractivity contribution in [3.05, 3.63) is 11.7 Å². The van der Waals surface area contributed by atoms with Gasteiger partial charge in [0.2, 0.25) is 11.7 Å². The topological polar surface area (TPSA) is 65.2 Å². The summed E-state index contributed by atoms with van der Waals surface area (Å²) in [5.41, 5.74) is -0.429.